The molecule has 2 amide bonds. The number of hydrogen-bond acceptors (Lipinski definition) is 6. The summed E-state index contributed by atoms with van der Waals surface area (Å²) in [6.45, 7) is 11.4. The number of nitrogens with one attached hydrogen (secondary N) is 1. The maximum absolute atomic E-state index is 16.7. The molecule has 0 aliphatic rings. The van der Waals surface area contributed by atoms with Gasteiger partial charge in [-0.1, -0.05) is 69.7 Å². The van der Waals surface area contributed by atoms with Crippen LogP contribution < -0.4 is 15.0 Å². The molecule has 2 rings (SSSR count). The van der Waals surface area contributed by atoms with Crippen molar-refractivity contribution >= 4 is 29.7 Å². The van der Waals surface area contributed by atoms with Gasteiger partial charge < -0.3 is 19.5 Å². The number of rotatable bonds is 14. The van der Waals surface area contributed by atoms with Crippen molar-refractivity contribution in [2.24, 2.45) is 5.92 Å². The summed E-state index contributed by atoms with van der Waals surface area (Å²) in [6.07, 6.45) is -3.27. The van der Waals surface area contributed by atoms with Crippen molar-refractivity contribution in [2.45, 2.75) is 84.7 Å². The lowest BCUT2D eigenvalue weighted by Gasteiger charge is -2.28. The van der Waals surface area contributed by atoms with Crippen LogP contribution in [-0.4, -0.2) is 49.4 Å². The largest absolute Gasteiger partial charge is 0.487 e. The maximum Gasteiger partial charge on any atom is 0.471 e. The lowest BCUT2D eigenvalue weighted by molar-refractivity contribution is -0.171. The number of carbonyl (C=O) groups is 3. The Labute approximate surface area is 261 Å². The second-order valence-electron chi connectivity index (χ2n) is 11.9. The Hall–Kier alpha value is -4.09. The van der Waals surface area contributed by atoms with Gasteiger partial charge in [-0.25, -0.2) is 9.18 Å². The first-order valence-electron chi connectivity index (χ1n) is 14.6. The molecule has 45 heavy (non-hydrogen) atoms. The topological polar surface area (TPSA) is 94.2 Å². The van der Waals surface area contributed by atoms with Gasteiger partial charge in [0.1, 0.15) is 30.2 Å². The SMILES string of the molecule is C=Cc1cc(OCc2ccccc2)c(N(CC(=O)OC)C(=O)C(F)(F)F)c(F)c1CC(CCCC(C)C)NC(=O)OC(C)(C)C. The van der Waals surface area contributed by atoms with Crippen LogP contribution in [0.5, 0.6) is 5.75 Å². The number of benzene rings is 2. The molecule has 8 nitrogen and oxygen atoms in total. The Morgan fingerprint density at radius 1 is 1.07 bits per heavy atom. The van der Waals surface area contributed by atoms with Crippen molar-refractivity contribution in [1.29, 1.82) is 0 Å². The fraction of sp³-hybridized carbons (Fsp3) is 0.485. The smallest absolute Gasteiger partial charge is 0.471 e. The molecule has 1 unspecified atom stereocenters. The average Bonchev–Trinajstić information content (AvgIpc) is 2.94. The Bertz CT molecular complexity index is 1320. The number of alkyl carbamates (subject to hydrolysis) is 1. The van der Waals surface area contributed by atoms with Gasteiger partial charge in [0.2, 0.25) is 0 Å². The molecule has 0 spiro atoms. The van der Waals surface area contributed by atoms with E-state index in [9.17, 15) is 27.6 Å². The van der Waals surface area contributed by atoms with Crippen LogP contribution in [-0.2, 0) is 32.1 Å². The van der Waals surface area contributed by atoms with E-state index in [0.29, 0.717) is 24.3 Å². The van der Waals surface area contributed by atoms with Crippen LogP contribution in [0.1, 0.15) is 70.6 Å². The van der Waals surface area contributed by atoms with Crippen LogP contribution >= 0.6 is 0 Å². The van der Waals surface area contributed by atoms with Gasteiger partial charge in [-0.3, -0.25) is 14.5 Å². The number of hydrogen-bond donors (Lipinski definition) is 1. The number of nitrogens with zero attached hydrogens (tertiary/aromatic N) is 1. The Morgan fingerprint density at radius 3 is 2.24 bits per heavy atom. The lowest BCUT2D eigenvalue weighted by atomic mass is 9.94. The lowest BCUT2D eigenvalue weighted by Crippen LogP contribution is -2.45. The number of esters is 1. The quantitative estimate of drug-likeness (QED) is 0.172. The van der Waals surface area contributed by atoms with E-state index in [0.717, 1.165) is 13.5 Å². The number of methoxy groups -OCH3 is 1. The molecule has 12 heteroatoms. The summed E-state index contributed by atoms with van der Waals surface area (Å²) in [4.78, 5) is 37.5. The molecular formula is C33H42F4N2O6. The molecular weight excluding hydrogens is 596 g/mol. The molecule has 2 aromatic carbocycles. The highest BCUT2D eigenvalue weighted by Crippen LogP contribution is 2.39. The van der Waals surface area contributed by atoms with Crippen LogP contribution in [0.3, 0.4) is 0 Å². The zero-order valence-electron chi connectivity index (χ0n) is 26.6. The van der Waals surface area contributed by atoms with Crippen LogP contribution in [0, 0.1) is 11.7 Å². The summed E-state index contributed by atoms with van der Waals surface area (Å²) in [6, 6.07) is 9.12. The van der Waals surface area contributed by atoms with Gasteiger partial charge in [-0.2, -0.15) is 13.2 Å². The molecule has 0 heterocycles. The molecule has 0 bridgehead atoms. The van der Waals surface area contributed by atoms with Crippen LogP contribution in [0.2, 0.25) is 0 Å². The van der Waals surface area contributed by atoms with Crippen molar-refractivity contribution in [3.63, 3.8) is 0 Å². The predicted molar refractivity (Wildman–Crippen MR) is 163 cm³/mol. The highest BCUT2D eigenvalue weighted by atomic mass is 19.4. The van der Waals surface area contributed by atoms with Gasteiger partial charge in [0.25, 0.3) is 0 Å². The van der Waals surface area contributed by atoms with Gasteiger partial charge in [0.05, 0.1) is 7.11 Å². The Morgan fingerprint density at radius 2 is 1.71 bits per heavy atom. The van der Waals surface area contributed by atoms with Crippen LogP contribution in [0.25, 0.3) is 6.08 Å². The van der Waals surface area contributed by atoms with E-state index >= 15 is 4.39 Å². The summed E-state index contributed by atoms with van der Waals surface area (Å²) in [5.41, 5.74) is -1.07. The maximum atomic E-state index is 16.7. The number of ether oxygens (including phenoxy) is 3. The minimum atomic E-state index is -5.47. The first-order chi connectivity index (χ1) is 21.0. The van der Waals surface area contributed by atoms with E-state index in [1.165, 1.54) is 12.1 Å². The van der Waals surface area contributed by atoms with Crippen molar-refractivity contribution in [3.05, 3.63) is 65.5 Å². The number of anilines is 1. The molecule has 0 saturated carbocycles. The summed E-state index contributed by atoms with van der Waals surface area (Å²) < 4.78 is 73.8. The third-order valence-corrected chi connectivity index (χ3v) is 6.58. The standard InChI is InChI=1S/C33H42F4N2O6/c1-8-23-17-26(44-20-22-14-10-9-11-15-22)29(39(19-27(40)43-7)30(41)33(35,36)37)28(34)25(23)18-24(16-12-13-21(2)3)38-31(42)45-32(4,5)6/h8-11,14-15,17,21,24H,1,12-13,16,18-20H2,2-7H3,(H,38,42). The van der Waals surface area contributed by atoms with Gasteiger partial charge in [-0.15, -0.1) is 0 Å². The number of alkyl halides is 3. The van der Waals surface area contributed by atoms with E-state index in [2.05, 4.69) is 16.6 Å². The Kier molecular flexibility index (Phi) is 13.4. The van der Waals surface area contributed by atoms with E-state index in [4.69, 9.17) is 9.47 Å². The fourth-order valence-electron chi connectivity index (χ4n) is 4.48. The number of carbonyl (C=O) groups excluding carboxylic acids is 3. The third kappa shape index (κ3) is 11.7. The monoisotopic (exact) mass is 638 g/mol. The first kappa shape index (κ1) is 37.1. The summed E-state index contributed by atoms with van der Waals surface area (Å²) in [7, 11) is 0.929. The van der Waals surface area contributed by atoms with Crippen molar-refractivity contribution in [3.8, 4) is 5.75 Å². The molecule has 0 aromatic heterocycles. The molecule has 0 fully saturated rings. The summed E-state index contributed by atoms with van der Waals surface area (Å²) in [5.74, 6) is -5.02. The molecule has 248 valence electrons. The van der Waals surface area contributed by atoms with Crippen molar-refractivity contribution < 1.29 is 46.2 Å². The highest BCUT2D eigenvalue weighted by molar-refractivity contribution is 6.02. The zero-order chi connectivity index (χ0) is 33.9. The van der Waals surface area contributed by atoms with Crippen molar-refractivity contribution in [2.75, 3.05) is 18.6 Å². The molecule has 0 aliphatic carbocycles. The number of halogens is 4. The highest BCUT2D eigenvalue weighted by Gasteiger charge is 2.46. The minimum absolute atomic E-state index is 0.0348. The van der Waals surface area contributed by atoms with Gasteiger partial charge in [0.15, 0.2) is 5.82 Å². The average molecular weight is 639 g/mol. The van der Waals surface area contributed by atoms with E-state index < -0.39 is 59.6 Å². The van der Waals surface area contributed by atoms with Gasteiger partial charge in [0, 0.05) is 6.04 Å². The molecule has 2 aromatic rings. The molecule has 0 aliphatic heterocycles. The fourth-order valence-corrected chi connectivity index (χ4v) is 4.48. The van der Waals surface area contributed by atoms with Crippen LogP contribution in [0.4, 0.5) is 28.0 Å². The normalized spacial score (nSPS) is 12.3. The summed E-state index contributed by atoms with van der Waals surface area (Å²) in [5, 5.41) is 2.74. The third-order valence-electron chi connectivity index (χ3n) is 6.58. The Balaban J connectivity index is 2.72. The molecule has 0 saturated heterocycles. The predicted octanol–water partition coefficient (Wildman–Crippen LogP) is 7.38. The first-order valence-corrected chi connectivity index (χ1v) is 14.6. The number of amides is 2. The van der Waals surface area contributed by atoms with Gasteiger partial charge in [-0.05, 0) is 62.3 Å². The van der Waals surface area contributed by atoms with E-state index in [-0.39, 0.29) is 29.1 Å². The van der Waals surface area contributed by atoms with E-state index in [1.54, 1.807) is 51.1 Å². The second-order valence-corrected chi connectivity index (χ2v) is 11.9. The van der Waals surface area contributed by atoms with Crippen LogP contribution in [0.15, 0.2) is 43.0 Å². The zero-order valence-corrected chi connectivity index (χ0v) is 26.6. The summed E-state index contributed by atoms with van der Waals surface area (Å²) >= 11 is 0. The molecule has 1 atom stereocenters. The van der Waals surface area contributed by atoms with Crippen molar-refractivity contribution in [1.82, 2.24) is 5.32 Å². The minimum Gasteiger partial charge on any atom is -0.487 e. The second kappa shape index (κ2) is 16.3. The molecule has 0 radical (unpaired) electrons. The molecule has 1 N–H and O–H groups in total. The van der Waals surface area contributed by atoms with Gasteiger partial charge >= 0.3 is 24.1 Å². The van der Waals surface area contributed by atoms with E-state index in [1.807, 2.05) is 13.8 Å².